The summed E-state index contributed by atoms with van der Waals surface area (Å²) in [4.78, 5) is 0.333. The highest BCUT2D eigenvalue weighted by molar-refractivity contribution is 9.09. The van der Waals surface area contributed by atoms with Crippen LogP contribution in [-0.2, 0) is 6.42 Å². The minimum Gasteiger partial charge on any atom is -0.497 e. The minimum absolute atomic E-state index is 0.333. The first-order valence-electron chi connectivity index (χ1n) is 6.44. The van der Waals surface area contributed by atoms with E-state index in [-0.39, 0.29) is 0 Å². The van der Waals surface area contributed by atoms with E-state index >= 15 is 0 Å². The topological polar surface area (TPSA) is 9.23 Å². The molecule has 0 aliphatic rings. The van der Waals surface area contributed by atoms with Crippen LogP contribution in [0.3, 0.4) is 0 Å². The number of ether oxygens (including phenoxy) is 1. The molecule has 0 saturated heterocycles. The number of hydrogen-bond acceptors (Lipinski definition) is 1. The SMILES string of the molecule is COc1cccc(CC(Br)c2cc(C)ccc2C)c1. The molecule has 1 unspecified atom stereocenters. The van der Waals surface area contributed by atoms with Gasteiger partial charge >= 0.3 is 0 Å². The molecule has 0 aromatic heterocycles. The van der Waals surface area contributed by atoms with Crippen molar-refractivity contribution in [1.29, 1.82) is 0 Å². The molecule has 0 bridgehead atoms. The van der Waals surface area contributed by atoms with Gasteiger partial charge in [0.25, 0.3) is 0 Å². The lowest BCUT2D eigenvalue weighted by atomic mass is 9.98. The van der Waals surface area contributed by atoms with Gasteiger partial charge in [0.05, 0.1) is 7.11 Å². The Labute approximate surface area is 123 Å². The van der Waals surface area contributed by atoms with Gasteiger partial charge in [-0.05, 0) is 49.1 Å². The van der Waals surface area contributed by atoms with Crippen molar-refractivity contribution < 1.29 is 4.74 Å². The average Bonchev–Trinajstić information content (AvgIpc) is 2.41. The monoisotopic (exact) mass is 318 g/mol. The normalized spacial score (nSPS) is 12.2. The third kappa shape index (κ3) is 3.60. The van der Waals surface area contributed by atoms with Gasteiger partial charge in [0.2, 0.25) is 0 Å². The van der Waals surface area contributed by atoms with Crippen LogP contribution in [0.4, 0.5) is 0 Å². The van der Waals surface area contributed by atoms with Crippen LogP contribution in [-0.4, -0.2) is 7.11 Å². The first kappa shape index (κ1) is 14.1. The predicted octanol–water partition coefficient (Wildman–Crippen LogP) is 4.99. The van der Waals surface area contributed by atoms with Gasteiger partial charge in [0, 0.05) is 4.83 Å². The van der Waals surface area contributed by atoms with Gasteiger partial charge in [-0.25, -0.2) is 0 Å². The van der Waals surface area contributed by atoms with Crippen LogP contribution in [0.1, 0.15) is 27.1 Å². The Morgan fingerprint density at radius 2 is 1.89 bits per heavy atom. The summed E-state index contributed by atoms with van der Waals surface area (Å²) >= 11 is 3.81. The fourth-order valence-corrected chi connectivity index (χ4v) is 3.08. The second-order valence-corrected chi connectivity index (χ2v) is 5.99. The van der Waals surface area contributed by atoms with Crippen molar-refractivity contribution in [2.45, 2.75) is 25.1 Å². The Hall–Kier alpha value is -1.28. The average molecular weight is 319 g/mol. The fourth-order valence-electron chi connectivity index (χ4n) is 2.21. The van der Waals surface area contributed by atoms with Gasteiger partial charge in [-0.2, -0.15) is 0 Å². The molecule has 0 radical (unpaired) electrons. The van der Waals surface area contributed by atoms with Crippen LogP contribution in [0.5, 0.6) is 5.75 Å². The van der Waals surface area contributed by atoms with Gasteiger partial charge in [0.1, 0.15) is 5.75 Å². The van der Waals surface area contributed by atoms with E-state index in [2.05, 4.69) is 60.1 Å². The highest BCUT2D eigenvalue weighted by Gasteiger charge is 2.11. The van der Waals surface area contributed by atoms with Crippen molar-refractivity contribution >= 4 is 15.9 Å². The zero-order valence-electron chi connectivity index (χ0n) is 11.6. The number of hydrogen-bond donors (Lipinski definition) is 0. The van der Waals surface area contributed by atoms with Gasteiger partial charge in [-0.3, -0.25) is 0 Å². The second-order valence-electron chi connectivity index (χ2n) is 4.88. The van der Waals surface area contributed by atoms with Crippen LogP contribution >= 0.6 is 15.9 Å². The quantitative estimate of drug-likeness (QED) is 0.721. The Balaban J connectivity index is 2.20. The van der Waals surface area contributed by atoms with Crippen molar-refractivity contribution in [2.75, 3.05) is 7.11 Å². The number of rotatable bonds is 4. The highest BCUT2D eigenvalue weighted by Crippen LogP contribution is 2.31. The number of aryl methyl sites for hydroxylation is 2. The summed E-state index contributed by atoms with van der Waals surface area (Å²) in [5, 5.41) is 0. The van der Waals surface area contributed by atoms with Crippen LogP contribution in [0.15, 0.2) is 42.5 Å². The molecule has 0 saturated carbocycles. The fraction of sp³-hybridized carbons (Fsp3) is 0.294. The van der Waals surface area contributed by atoms with Crippen molar-refractivity contribution in [3.63, 3.8) is 0 Å². The Kier molecular flexibility index (Phi) is 4.65. The van der Waals surface area contributed by atoms with Gasteiger partial charge in [-0.1, -0.05) is 51.8 Å². The summed E-state index contributed by atoms with van der Waals surface area (Å²) in [5.41, 5.74) is 5.27. The molecule has 2 heteroatoms. The molecule has 2 aromatic carbocycles. The Bertz CT molecular complexity index is 563. The van der Waals surface area contributed by atoms with E-state index in [0.717, 1.165) is 12.2 Å². The summed E-state index contributed by atoms with van der Waals surface area (Å²) in [7, 11) is 1.70. The summed E-state index contributed by atoms with van der Waals surface area (Å²) in [6.45, 7) is 4.29. The van der Waals surface area contributed by atoms with E-state index in [0.29, 0.717) is 4.83 Å². The van der Waals surface area contributed by atoms with Gasteiger partial charge in [-0.15, -0.1) is 0 Å². The molecule has 0 fully saturated rings. The lowest BCUT2D eigenvalue weighted by Gasteiger charge is -2.14. The molecule has 2 rings (SSSR count). The zero-order valence-corrected chi connectivity index (χ0v) is 13.2. The van der Waals surface area contributed by atoms with E-state index in [1.165, 1.54) is 22.3 Å². The predicted molar refractivity (Wildman–Crippen MR) is 84.3 cm³/mol. The Morgan fingerprint density at radius 1 is 1.11 bits per heavy atom. The molecule has 0 aliphatic heterocycles. The summed E-state index contributed by atoms with van der Waals surface area (Å²) in [5.74, 6) is 0.915. The molecule has 0 spiro atoms. The molecule has 1 atom stereocenters. The van der Waals surface area contributed by atoms with Crippen LogP contribution in [0.2, 0.25) is 0 Å². The molecule has 1 nitrogen and oxygen atoms in total. The van der Waals surface area contributed by atoms with Crippen molar-refractivity contribution in [2.24, 2.45) is 0 Å². The zero-order chi connectivity index (χ0) is 13.8. The molecule has 0 heterocycles. The number of benzene rings is 2. The second kappa shape index (κ2) is 6.25. The lowest BCUT2D eigenvalue weighted by molar-refractivity contribution is 0.414. The molecule has 0 aliphatic carbocycles. The van der Waals surface area contributed by atoms with Crippen LogP contribution < -0.4 is 4.74 Å². The van der Waals surface area contributed by atoms with Crippen molar-refractivity contribution in [1.82, 2.24) is 0 Å². The highest BCUT2D eigenvalue weighted by atomic mass is 79.9. The Morgan fingerprint density at radius 3 is 2.63 bits per heavy atom. The molecule has 0 amide bonds. The maximum Gasteiger partial charge on any atom is 0.119 e. The van der Waals surface area contributed by atoms with E-state index in [1.807, 2.05) is 12.1 Å². The van der Waals surface area contributed by atoms with Crippen molar-refractivity contribution in [3.05, 3.63) is 64.7 Å². The van der Waals surface area contributed by atoms with Crippen LogP contribution in [0, 0.1) is 13.8 Å². The maximum atomic E-state index is 5.27. The van der Waals surface area contributed by atoms with Gasteiger partial charge in [0.15, 0.2) is 0 Å². The van der Waals surface area contributed by atoms with E-state index in [9.17, 15) is 0 Å². The smallest absolute Gasteiger partial charge is 0.119 e. The maximum absolute atomic E-state index is 5.27. The molecule has 100 valence electrons. The molecular formula is C17H19BrO. The first-order chi connectivity index (χ1) is 9.10. The first-order valence-corrected chi connectivity index (χ1v) is 7.36. The largest absolute Gasteiger partial charge is 0.497 e. The van der Waals surface area contributed by atoms with E-state index in [1.54, 1.807) is 7.11 Å². The standard InChI is InChI=1S/C17H19BrO/c1-12-7-8-13(2)16(9-12)17(18)11-14-5-4-6-15(10-14)19-3/h4-10,17H,11H2,1-3H3. The third-order valence-electron chi connectivity index (χ3n) is 3.32. The lowest BCUT2D eigenvalue weighted by Crippen LogP contribution is -1.99. The van der Waals surface area contributed by atoms with E-state index < -0.39 is 0 Å². The number of halogens is 1. The molecule has 0 N–H and O–H groups in total. The van der Waals surface area contributed by atoms with Crippen LogP contribution in [0.25, 0.3) is 0 Å². The van der Waals surface area contributed by atoms with Gasteiger partial charge < -0.3 is 4.74 Å². The summed E-state index contributed by atoms with van der Waals surface area (Å²) in [6, 6.07) is 14.9. The van der Waals surface area contributed by atoms with E-state index in [4.69, 9.17) is 4.74 Å². The third-order valence-corrected chi connectivity index (χ3v) is 4.14. The summed E-state index contributed by atoms with van der Waals surface area (Å²) in [6.07, 6.45) is 0.960. The number of methoxy groups -OCH3 is 1. The molecule has 19 heavy (non-hydrogen) atoms. The molecule has 2 aromatic rings. The number of alkyl halides is 1. The minimum atomic E-state index is 0.333. The summed E-state index contributed by atoms with van der Waals surface area (Å²) < 4.78 is 5.27. The molecular weight excluding hydrogens is 300 g/mol. The van der Waals surface area contributed by atoms with Crippen molar-refractivity contribution in [3.8, 4) is 5.75 Å².